The quantitative estimate of drug-likeness (QED) is 0.815. The van der Waals surface area contributed by atoms with E-state index >= 15 is 0 Å². The highest BCUT2D eigenvalue weighted by molar-refractivity contribution is 5.94. The van der Waals surface area contributed by atoms with Crippen molar-refractivity contribution in [2.45, 2.75) is 13.8 Å². The first-order chi connectivity index (χ1) is 12.4. The highest BCUT2D eigenvalue weighted by Crippen LogP contribution is 2.22. The number of aryl methyl sites for hydroxylation is 2. The van der Waals surface area contributed by atoms with Crippen LogP contribution in [0.25, 0.3) is 0 Å². The molecule has 0 aliphatic carbocycles. The molecule has 0 bridgehead atoms. The number of ether oxygens (including phenoxy) is 1. The molecular weight excluding hydrogens is 328 g/mol. The van der Waals surface area contributed by atoms with Gasteiger partial charge in [-0.15, -0.1) is 6.42 Å². The molecule has 5 nitrogen and oxygen atoms in total. The van der Waals surface area contributed by atoms with Gasteiger partial charge in [-0.05, 0) is 43.2 Å². The average molecular weight is 350 g/mol. The highest BCUT2D eigenvalue weighted by Gasteiger charge is 2.15. The fourth-order valence-electron chi connectivity index (χ4n) is 2.46. The van der Waals surface area contributed by atoms with E-state index in [2.05, 4.69) is 11.2 Å². The summed E-state index contributed by atoms with van der Waals surface area (Å²) in [5, 5.41) is 2.73. The number of carbonyl (C=O) groups excluding carboxylic acids is 2. The first-order valence-corrected chi connectivity index (χ1v) is 8.20. The van der Waals surface area contributed by atoms with Gasteiger partial charge in [0.2, 0.25) is 5.91 Å². The minimum atomic E-state index is -0.304. The number of para-hydroxylation sites is 1. The number of likely N-dealkylation sites (N-methyl/N-ethyl adjacent to an activating group) is 1. The van der Waals surface area contributed by atoms with E-state index in [1.807, 2.05) is 32.0 Å². The van der Waals surface area contributed by atoms with Crippen LogP contribution in [0.5, 0.6) is 5.75 Å². The molecule has 0 spiro atoms. The van der Waals surface area contributed by atoms with Gasteiger partial charge in [-0.1, -0.05) is 30.2 Å². The summed E-state index contributed by atoms with van der Waals surface area (Å²) >= 11 is 0. The predicted molar refractivity (Wildman–Crippen MR) is 102 cm³/mol. The Morgan fingerprint density at radius 3 is 2.46 bits per heavy atom. The van der Waals surface area contributed by atoms with Gasteiger partial charge >= 0.3 is 0 Å². The van der Waals surface area contributed by atoms with Crippen LogP contribution in [0, 0.1) is 26.2 Å². The van der Waals surface area contributed by atoms with E-state index in [9.17, 15) is 9.59 Å². The lowest BCUT2D eigenvalue weighted by atomic mass is 10.1. The molecule has 0 aliphatic heterocycles. The Hall–Kier alpha value is -3.26. The zero-order chi connectivity index (χ0) is 19.1. The first-order valence-electron chi connectivity index (χ1n) is 8.20. The Balaban J connectivity index is 1.88. The number of anilines is 1. The molecule has 0 saturated heterocycles. The number of nitrogens with one attached hydrogen (secondary N) is 1. The molecule has 0 aromatic heterocycles. The Kier molecular flexibility index (Phi) is 6.40. The number of nitrogens with zero attached hydrogens (tertiary/aromatic N) is 1. The Bertz CT molecular complexity index is 832. The molecule has 2 aromatic rings. The molecule has 0 aliphatic rings. The molecular formula is C21H22N2O3. The van der Waals surface area contributed by atoms with E-state index in [-0.39, 0.29) is 25.0 Å². The highest BCUT2D eigenvalue weighted by atomic mass is 16.5. The fourth-order valence-corrected chi connectivity index (χ4v) is 2.46. The average Bonchev–Trinajstić information content (AvgIpc) is 2.61. The van der Waals surface area contributed by atoms with Gasteiger partial charge in [0.05, 0.1) is 6.54 Å². The number of hydrogen-bond donors (Lipinski definition) is 1. The van der Waals surface area contributed by atoms with Crippen molar-refractivity contribution in [3.8, 4) is 18.1 Å². The number of benzene rings is 2. The Morgan fingerprint density at radius 2 is 1.81 bits per heavy atom. The number of terminal acetylenes is 1. The van der Waals surface area contributed by atoms with Crippen LogP contribution >= 0.6 is 0 Å². The summed E-state index contributed by atoms with van der Waals surface area (Å²) in [5.74, 6) is 2.63. The number of carbonyl (C=O) groups is 2. The van der Waals surface area contributed by atoms with E-state index in [1.165, 1.54) is 4.90 Å². The monoisotopic (exact) mass is 350 g/mol. The summed E-state index contributed by atoms with van der Waals surface area (Å²) < 4.78 is 5.64. The van der Waals surface area contributed by atoms with Crippen LogP contribution in [0.3, 0.4) is 0 Å². The fraction of sp³-hybridized carbons (Fsp3) is 0.238. The van der Waals surface area contributed by atoms with Gasteiger partial charge in [0.1, 0.15) is 5.75 Å². The van der Waals surface area contributed by atoms with Crippen molar-refractivity contribution in [1.29, 1.82) is 0 Å². The van der Waals surface area contributed by atoms with Crippen molar-refractivity contribution in [2.24, 2.45) is 0 Å². The second-order valence-corrected chi connectivity index (χ2v) is 6.03. The van der Waals surface area contributed by atoms with Gasteiger partial charge in [0, 0.05) is 18.3 Å². The molecule has 0 saturated carbocycles. The second-order valence-electron chi connectivity index (χ2n) is 6.03. The van der Waals surface area contributed by atoms with Gasteiger partial charge in [0.25, 0.3) is 5.91 Å². The summed E-state index contributed by atoms with van der Waals surface area (Å²) in [7, 11) is 1.56. The maximum Gasteiger partial charge on any atom is 0.260 e. The van der Waals surface area contributed by atoms with Crippen LogP contribution in [-0.4, -0.2) is 36.9 Å². The zero-order valence-corrected chi connectivity index (χ0v) is 15.2. The molecule has 26 heavy (non-hydrogen) atoms. The van der Waals surface area contributed by atoms with E-state index < -0.39 is 0 Å². The third kappa shape index (κ3) is 5.12. The van der Waals surface area contributed by atoms with Crippen LogP contribution < -0.4 is 10.1 Å². The van der Waals surface area contributed by atoms with Crippen LogP contribution in [0.2, 0.25) is 0 Å². The summed E-state index contributed by atoms with van der Waals surface area (Å²) in [5.41, 5.74) is 3.20. The lowest BCUT2D eigenvalue weighted by molar-refractivity contribution is -0.135. The maximum absolute atomic E-state index is 12.2. The summed E-state index contributed by atoms with van der Waals surface area (Å²) in [6.45, 7) is 3.65. The molecule has 2 amide bonds. The van der Waals surface area contributed by atoms with Crippen LogP contribution in [-0.2, 0) is 9.59 Å². The molecule has 1 N–H and O–H groups in total. The standard InChI is InChI=1S/C21H22N2O3/c1-5-17-10-7-11-18(12-17)22-19(24)13-23(4)20(25)14-26-21-15(2)8-6-9-16(21)3/h1,6-12H,13-14H2,2-4H3,(H,22,24). The third-order valence-corrected chi connectivity index (χ3v) is 3.87. The molecule has 0 heterocycles. The lowest BCUT2D eigenvalue weighted by Gasteiger charge is -2.18. The molecule has 2 rings (SSSR count). The van der Waals surface area contributed by atoms with E-state index in [0.29, 0.717) is 17.0 Å². The molecule has 134 valence electrons. The molecule has 0 unspecified atom stereocenters. The topological polar surface area (TPSA) is 58.6 Å². The predicted octanol–water partition coefficient (Wildman–Crippen LogP) is 2.76. The molecule has 0 atom stereocenters. The van der Waals surface area contributed by atoms with Gasteiger partial charge in [-0.25, -0.2) is 0 Å². The smallest absolute Gasteiger partial charge is 0.260 e. The van der Waals surface area contributed by atoms with Gasteiger partial charge in [-0.2, -0.15) is 0 Å². The maximum atomic E-state index is 12.2. The zero-order valence-electron chi connectivity index (χ0n) is 15.2. The number of amides is 2. The Morgan fingerprint density at radius 1 is 1.15 bits per heavy atom. The normalized spacial score (nSPS) is 9.92. The largest absolute Gasteiger partial charge is 0.483 e. The number of rotatable bonds is 6. The van der Waals surface area contributed by atoms with Gasteiger partial charge in [-0.3, -0.25) is 9.59 Å². The second kappa shape index (κ2) is 8.72. The van der Waals surface area contributed by atoms with Crippen molar-refractivity contribution in [3.05, 3.63) is 59.2 Å². The van der Waals surface area contributed by atoms with Crippen molar-refractivity contribution >= 4 is 17.5 Å². The van der Waals surface area contributed by atoms with Crippen LogP contribution in [0.15, 0.2) is 42.5 Å². The first kappa shape index (κ1) is 19.1. The Labute approximate surface area is 154 Å². The summed E-state index contributed by atoms with van der Waals surface area (Å²) in [6, 6.07) is 12.8. The van der Waals surface area contributed by atoms with Crippen molar-refractivity contribution in [1.82, 2.24) is 4.90 Å². The van der Waals surface area contributed by atoms with Crippen LogP contribution in [0.1, 0.15) is 16.7 Å². The van der Waals surface area contributed by atoms with Crippen LogP contribution in [0.4, 0.5) is 5.69 Å². The van der Waals surface area contributed by atoms with Gasteiger partial charge < -0.3 is 15.0 Å². The third-order valence-electron chi connectivity index (χ3n) is 3.87. The van der Waals surface area contributed by atoms with E-state index in [0.717, 1.165) is 11.1 Å². The molecule has 5 heteroatoms. The lowest BCUT2D eigenvalue weighted by Crippen LogP contribution is -2.37. The SMILES string of the molecule is C#Cc1cccc(NC(=O)CN(C)C(=O)COc2c(C)cccc2C)c1. The van der Waals surface area contributed by atoms with Crippen molar-refractivity contribution in [3.63, 3.8) is 0 Å². The van der Waals surface area contributed by atoms with Crippen molar-refractivity contribution in [2.75, 3.05) is 25.5 Å². The number of hydrogen-bond acceptors (Lipinski definition) is 3. The van der Waals surface area contributed by atoms with Gasteiger partial charge in [0.15, 0.2) is 6.61 Å². The minimum Gasteiger partial charge on any atom is -0.483 e. The van der Waals surface area contributed by atoms with E-state index in [1.54, 1.807) is 31.3 Å². The van der Waals surface area contributed by atoms with Crippen molar-refractivity contribution < 1.29 is 14.3 Å². The summed E-state index contributed by atoms with van der Waals surface area (Å²) in [6.07, 6.45) is 5.34. The molecule has 0 fully saturated rings. The van der Waals surface area contributed by atoms with E-state index in [4.69, 9.17) is 11.2 Å². The molecule has 0 radical (unpaired) electrons. The summed E-state index contributed by atoms with van der Waals surface area (Å²) in [4.78, 5) is 25.7. The minimum absolute atomic E-state index is 0.0742. The molecule has 2 aromatic carbocycles.